The van der Waals surface area contributed by atoms with Gasteiger partial charge in [-0.1, -0.05) is 0 Å². The lowest BCUT2D eigenvalue weighted by Crippen LogP contribution is -2.50. The van der Waals surface area contributed by atoms with E-state index >= 15 is 0 Å². The minimum Gasteiger partial charge on any atom is -0.468 e. The summed E-state index contributed by atoms with van der Waals surface area (Å²) in [6.07, 6.45) is 1.29. The molecule has 1 rings (SSSR count). The summed E-state index contributed by atoms with van der Waals surface area (Å²) in [7, 11) is 1.36. The van der Waals surface area contributed by atoms with Gasteiger partial charge < -0.3 is 15.4 Å². The molecule has 0 aromatic rings. The van der Waals surface area contributed by atoms with Gasteiger partial charge in [-0.15, -0.1) is 0 Å². The molecule has 0 aliphatic carbocycles. The van der Waals surface area contributed by atoms with Crippen LogP contribution in [0.25, 0.3) is 0 Å². The number of amides is 1. The number of carbonyl (C=O) groups is 2. The maximum Gasteiger partial charge on any atom is 0.322 e. The molecule has 5 heteroatoms. The van der Waals surface area contributed by atoms with Gasteiger partial charge in [-0.25, -0.2) is 0 Å². The summed E-state index contributed by atoms with van der Waals surface area (Å²) in [5.74, 6) is -0.198. The van der Waals surface area contributed by atoms with E-state index in [9.17, 15) is 9.59 Å². The van der Waals surface area contributed by atoms with E-state index in [4.69, 9.17) is 0 Å². The molecule has 1 saturated heterocycles. The molecular weight excluding hydrogens is 184 g/mol. The first-order chi connectivity index (χ1) is 6.63. The Morgan fingerprint density at radius 2 is 2.43 bits per heavy atom. The van der Waals surface area contributed by atoms with Crippen molar-refractivity contribution in [3.8, 4) is 0 Å². The lowest BCUT2D eigenvalue weighted by Gasteiger charge is -2.25. The lowest BCUT2D eigenvalue weighted by atomic mass is 10.1. The first kappa shape index (κ1) is 11.0. The van der Waals surface area contributed by atoms with Crippen LogP contribution in [0.2, 0.25) is 0 Å². The molecule has 0 saturated carbocycles. The fourth-order valence-corrected chi connectivity index (χ4v) is 1.47. The van der Waals surface area contributed by atoms with Crippen molar-refractivity contribution >= 4 is 11.9 Å². The van der Waals surface area contributed by atoms with Gasteiger partial charge in [0.05, 0.1) is 7.11 Å². The molecular formula is C9H16N2O3. The van der Waals surface area contributed by atoms with Crippen LogP contribution in [-0.4, -0.2) is 37.6 Å². The Morgan fingerprint density at radius 3 is 2.93 bits per heavy atom. The molecule has 0 bridgehead atoms. The van der Waals surface area contributed by atoms with Crippen LogP contribution < -0.4 is 10.6 Å². The second-order valence-corrected chi connectivity index (χ2v) is 3.45. The van der Waals surface area contributed by atoms with Gasteiger partial charge in [-0.05, 0) is 13.3 Å². The molecule has 0 radical (unpaired) electrons. The van der Waals surface area contributed by atoms with Gasteiger partial charge in [-0.2, -0.15) is 0 Å². The van der Waals surface area contributed by atoms with Crippen LogP contribution in [0.3, 0.4) is 0 Å². The average molecular weight is 200 g/mol. The highest BCUT2D eigenvalue weighted by Crippen LogP contribution is 2.03. The molecule has 1 amide bonds. The number of piperidine rings is 1. The smallest absolute Gasteiger partial charge is 0.322 e. The first-order valence-electron chi connectivity index (χ1n) is 4.74. The highest BCUT2D eigenvalue weighted by molar-refractivity contribution is 5.77. The standard InChI is InChI=1S/C9H16N2O3/c1-6(9(13)14-2)11-7-3-4-8(12)10-5-7/h6-7,11H,3-5H2,1-2H3,(H,10,12). The van der Waals surface area contributed by atoms with Crippen molar-refractivity contribution in [1.82, 2.24) is 10.6 Å². The highest BCUT2D eigenvalue weighted by Gasteiger charge is 2.22. The van der Waals surface area contributed by atoms with Crippen LogP contribution in [0.5, 0.6) is 0 Å². The summed E-state index contributed by atoms with van der Waals surface area (Å²) >= 11 is 0. The molecule has 1 aliphatic rings. The molecule has 0 spiro atoms. The van der Waals surface area contributed by atoms with E-state index in [0.29, 0.717) is 13.0 Å². The fraction of sp³-hybridized carbons (Fsp3) is 0.778. The van der Waals surface area contributed by atoms with E-state index in [1.165, 1.54) is 7.11 Å². The van der Waals surface area contributed by atoms with Crippen LogP contribution in [0, 0.1) is 0 Å². The monoisotopic (exact) mass is 200 g/mol. The fourth-order valence-electron chi connectivity index (χ4n) is 1.47. The highest BCUT2D eigenvalue weighted by atomic mass is 16.5. The minimum atomic E-state index is -0.319. The molecule has 5 nitrogen and oxygen atoms in total. The van der Waals surface area contributed by atoms with E-state index < -0.39 is 0 Å². The number of hydrogen-bond acceptors (Lipinski definition) is 4. The lowest BCUT2D eigenvalue weighted by molar-refractivity contribution is -0.142. The second-order valence-electron chi connectivity index (χ2n) is 3.45. The van der Waals surface area contributed by atoms with E-state index in [1.54, 1.807) is 6.92 Å². The van der Waals surface area contributed by atoms with Crippen molar-refractivity contribution in [2.24, 2.45) is 0 Å². The average Bonchev–Trinajstić information content (AvgIpc) is 2.20. The van der Waals surface area contributed by atoms with Crippen LogP contribution in [0.4, 0.5) is 0 Å². The zero-order valence-corrected chi connectivity index (χ0v) is 8.50. The summed E-state index contributed by atoms with van der Waals surface area (Å²) in [5.41, 5.74) is 0. The Morgan fingerprint density at radius 1 is 1.71 bits per heavy atom. The number of methoxy groups -OCH3 is 1. The predicted molar refractivity (Wildman–Crippen MR) is 50.6 cm³/mol. The number of nitrogens with one attached hydrogen (secondary N) is 2. The zero-order valence-electron chi connectivity index (χ0n) is 8.50. The summed E-state index contributed by atoms with van der Waals surface area (Å²) in [6, 6.07) is -0.151. The number of carbonyl (C=O) groups excluding carboxylic acids is 2. The third-order valence-electron chi connectivity index (χ3n) is 2.31. The number of ether oxygens (including phenoxy) is 1. The van der Waals surface area contributed by atoms with Crippen LogP contribution in [0.1, 0.15) is 19.8 Å². The SMILES string of the molecule is COC(=O)C(C)NC1CCC(=O)NC1. The third-order valence-corrected chi connectivity index (χ3v) is 2.31. The Bertz CT molecular complexity index is 220. The Kier molecular flexibility index (Phi) is 3.88. The second kappa shape index (κ2) is 4.95. The van der Waals surface area contributed by atoms with Gasteiger partial charge in [0.2, 0.25) is 5.91 Å². The van der Waals surface area contributed by atoms with E-state index in [-0.39, 0.29) is 24.0 Å². The summed E-state index contributed by atoms with van der Waals surface area (Å²) in [4.78, 5) is 21.9. The van der Waals surface area contributed by atoms with Crippen LogP contribution >= 0.6 is 0 Å². The Balaban J connectivity index is 2.30. The van der Waals surface area contributed by atoms with Gasteiger partial charge in [0.1, 0.15) is 6.04 Å². The van der Waals surface area contributed by atoms with E-state index in [0.717, 1.165) is 6.42 Å². The van der Waals surface area contributed by atoms with E-state index in [2.05, 4.69) is 15.4 Å². The largest absolute Gasteiger partial charge is 0.468 e. The quantitative estimate of drug-likeness (QED) is 0.598. The summed E-state index contributed by atoms with van der Waals surface area (Å²) in [6.45, 7) is 2.34. The minimum absolute atomic E-state index is 0.0776. The molecule has 0 aromatic carbocycles. The topological polar surface area (TPSA) is 67.4 Å². The van der Waals surface area contributed by atoms with Gasteiger partial charge in [-0.3, -0.25) is 9.59 Å². The molecule has 14 heavy (non-hydrogen) atoms. The van der Waals surface area contributed by atoms with Crippen molar-refractivity contribution in [3.05, 3.63) is 0 Å². The molecule has 2 atom stereocenters. The summed E-state index contributed by atoms with van der Waals surface area (Å²) in [5, 5.41) is 5.84. The van der Waals surface area contributed by atoms with Crippen LogP contribution in [0.15, 0.2) is 0 Å². The first-order valence-corrected chi connectivity index (χ1v) is 4.74. The number of hydrogen-bond donors (Lipinski definition) is 2. The van der Waals surface area contributed by atoms with Gasteiger partial charge in [0.15, 0.2) is 0 Å². The van der Waals surface area contributed by atoms with Crippen molar-refractivity contribution in [1.29, 1.82) is 0 Å². The zero-order chi connectivity index (χ0) is 10.6. The normalized spacial score (nSPS) is 23.9. The summed E-state index contributed by atoms with van der Waals surface area (Å²) < 4.78 is 4.59. The van der Waals surface area contributed by atoms with Crippen LogP contribution in [-0.2, 0) is 14.3 Å². The third kappa shape index (κ3) is 2.99. The van der Waals surface area contributed by atoms with Gasteiger partial charge in [0, 0.05) is 19.0 Å². The molecule has 80 valence electrons. The molecule has 1 aliphatic heterocycles. The number of rotatable bonds is 3. The molecule has 2 unspecified atom stereocenters. The molecule has 0 aromatic heterocycles. The molecule has 1 fully saturated rings. The van der Waals surface area contributed by atoms with Gasteiger partial charge >= 0.3 is 5.97 Å². The van der Waals surface area contributed by atoms with E-state index in [1.807, 2.05) is 0 Å². The maximum absolute atomic E-state index is 11.1. The molecule has 2 N–H and O–H groups in total. The Labute approximate surface area is 83.2 Å². The van der Waals surface area contributed by atoms with Crippen molar-refractivity contribution in [2.45, 2.75) is 31.8 Å². The Hall–Kier alpha value is -1.10. The van der Waals surface area contributed by atoms with Crippen molar-refractivity contribution < 1.29 is 14.3 Å². The predicted octanol–water partition coefficient (Wildman–Crippen LogP) is -0.584. The maximum atomic E-state index is 11.1. The van der Waals surface area contributed by atoms with Crippen molar-refractivity contribution in [3.63, 3.8) is 0 Å². The number of esters is 1. The van der Waals surface area contributed by atoms with Crippen molar-refractivity contribution in [2.75, 3.05) is 13.7 Å². The molecule has 1 heterocycles. The van der Waals surface area contributed by atoms with Gasteiger partial charge in [0.25, 0.3) is 0 Å².